The van der Waals surface area contributed by atoms with Gasteiger partial charge in [-0.15, -0.1) is 14.6 Å². The van der Waals surface area contributed by atoms with Gasteiger partial charge in [-0.25, -0.2) is 8.42 Å². The van der Waals surface area contributed by atoms with Crippen LogP contribution in [0.25, 0.3) is 0 Å². The van der Waals surface area contributed by atoms with Crippen LogP contribution in [-0.4, -0.2) is 25.0 Å². The largest absolute Gasteiger partial charge is 0.307 e. The number of para-hydroxylation sites is 1. The lowest BCUT2D eigenvalue weighted by molar-refractivity contribution is -0.121. The number of azo groups is 1. The monoisotopic (exact) mass is 328 g/mol. The van der Waals surface area contributed by atoms with Gasteiger partial charge in [0.15, 0.2) is 5.70 Å². The Bertz CT molecular complexity index is 956. The molecule has 8 heteroatoms. The van der Waals surface area contributed by atoms with Gasteiger partial charge in [-0.2, -0.15) is 0 Å². The van der Waals surface area contributed by atoms with E-state index < -0.39 is 15.9 Å². The second-order valence-corrected chi connectivity index (χ2v) is 7.28. The molecule has 0 radical (unpaired) electrons. The standard InChI is InChI=1S/C15H12N4O3S/c1-23(21,22)19(18-10-5-3-2-4-6-10)15(20)14-12-8-9-7-11(9)13(12)16-17-14/h2-6,8,18H,7H2,1H3. The van der Waals surface area contributed by atoms with E-state index >= 15 is 0 Å². The zero-order valence-electron chi connectivity index (χ0n) is 12.1. The summed E-state index contributed by atoms with van der Waals surface area (Å²) in [7, 11) is -3.83. The van der Waals surface area contributed by atoms with Crippen molar-refractivity contribution in [2.24, 2.45) is 10.2 Å². The highest BCUT2D eigenvalue weighted by atomic mass is 32.2. The Kier molecular flexibility index (Phi) is 2.79. The van der Waals surface area contributed by atoms with Crippen molar-refractivity contribution in [2.75, 3.05) is 11.7 Å². The number of fused-ring (bicyclic) bond motifs is 2. The van der Waals surface area contributed by atoms with Gasteiger partial charge in [0.25, 0.3) is 10.0 Å². The first-order chi connectivity index (χ1) is 10.9. The maximum atomic E-state index is 12.7. The van der Waals surface area contributed by atoms with E-state index in [2.05, 4.69) is 15.7 Å². The summed E-state index contributed by atoms with van der Waals surface area (Å²) in [5.74, 6) is -0.746. The van der Waals surface area contributed by atoms with Crippen LogP contribution >= 0.6 is 0 Å². The van der Waals surface area contributed by atoms with Crippen LogP contribution in [0.3, 0.4) is 0 Å². The van der Waals surface area contributed by atoms with Gasteiger partial charge < -0.3 is 0 Å². The molecule has 116 valence electrons. The molecule has 1 amide bonds. The molecule has 3 aliphatic rings. The zero-order chi connectivity index (χ0) is 16.2. The van der Waals surface area contributed by atoms with Gasteiger partial charge in [-0.1, -0.05) is 18.2 Å². The number of hydrogen-bond acceptors (Lipinski definition) is 6. The number of hydrazine groups is 1. The highest BCUT2D eigenvalue weighted by molar-refractivity contribution is 7.89. The first kappa shape index (κ1) is 13.9. The fourth-order valence-corrected chi connectivity index (χ4v) is 3.20. The fourth-order valence-electron chi connectivity index (χ4n) is 2.54. The number of carbonyl (C=O) groups excluding carboxylic acids is 1. The Morgan fingerprint density at radius 1 is 1.22 bits per heavy atom. The SMILES string of the molecule is CS(=O)(=O)N(Nc1ccccc1)C(=O)C1=C2C=C3CC3=C2N=N1. The maximum absolute atomic E-state index is 12.7. The third kappa shape index (κ3) is 2.27. The van der Waals surface area contributed by atoms with Crippen molar-refractivity contribution in [2.45, 2.75) is 6.42 Å². The van der Waals surface area contributed by atoms with Crippen molar-refractivity contribution in [1.29, 1.82) is 0 Å². The van der Waals surface area contributed by atoms with Crippen LogP contribution in [0, 0.1) is 0 Å². The second-order valence-electron chi connectivity index (χ2n) is 5.45. The Hall–Kier alpha value is -2.74. The van der Waals surface area contributed by atoms with Crippen molar-refractivity contribution in [3.8, 4) is 0 Å². The second kappa shape index (κ2) is 4.63. The first-order valence-electron chi connectivity index (χ1n) is 6.92. The van der Waals surface area contributed by atoms with Crippen LogP contribution in [0.5, 0.6) is 0 Å². The topological polar surface area (TPSA) is 91.2 Å². The van der Waals surface area contributed by atoms with E-state index in [9.17, 15) is 13.2 Å². The molecule has 1 N–H and O–H groups in total. The van der Waals surface area contributed by atoms with Gasteiger partial charge in [-0.05, 0) is 29.4 Å². The molecule has 4 rings (SSSR count). The molecule has 0 atom stereocenters. The van der Waals surface area contributed by atoms with Gasteiger partial charge in [-0.3, -0.25) is 10.2 Å². The van der Waals surface area contributed by atoms with Crippen LogP contribution in [0.4, 0.5) is 5.69 Å². The first-order valence-corrected chi connectivity index (χ1v) is 8.77. The smallest absolute Gasteiger partial charge is 0.282 e. The summed E-state index contributed by atoms with van der Waals surface area (Å²) in [6.45, 7) is 0. The van der Waals surface area contributed by atoms with Gasteiger partial charge in [0, 0.05) is 12.0 Å². The molecule has 0 bridgehead atoms. The highest BCUT2D eigenvalue weighted by Crippen LogP contribution is 2.51. The third-order valence-electron chi connectivity index (χ3n) is 3.72. The lowest BCUT2D eigenvalue weighted by Crippen LogP contribution is -2.41. The van der Waals surface area contributed by atoms with Crippen molar-refractivity contribution in [3.05, 3.63) is 64.5 Å². The molecule has 1 saturated carbocycles. The Morgan fingerprint density at radius 2 is 1.96 bits per heavy atom. The van der Waals surface area contributed by atoms with E-state index in [4.69, 9.17) is 0 Å². The van der Waals surface area contributed by atoms with E-state index in [1.165, 1.54) is 0 Å². The van der Waals surface area contributed by atoms with Gasteiger partial charge >= 0.3 is 5.91 Å². The van der Waals surface area contributed by atoms with Gasteiger partial charge in [0.1, 0.15) is 0 Å². The summed E-state index contributed by atoms with van der Waals surface area (Å²) < 4.78 is 24.6. The average molecular weight is 328 g/mol. The van der Waals surface area contributed by atoms with Crippen molar-refractivity contribution in [1.82, 2.24) is 4.41 Å². The van der Waals surface area contributed by atoms with Gasteiger partial charge in [0.2, 0.25) is 0 Å². The van der Waals surface area contributed by atoms with E-state index in [0.29, 0.717) is 21.4 Å². The molecule has 7 nitrogen and oxygen atoms in total. The number of amides is 1. The van der Waals surface area contributed by atoms with Crippen LogP contribution in [-0.2, 0) is 14.8 Å². The predicted molar refractivity (Wildman–Crippen MR) is 83.4 cm³/mol. The maximum Gasteiger partial charge on any atom is 0.307 e. The van der Waals surface area contributed by atoms with Gasteiger partial charge in [0.05, 0.1) is 17.6 Å². The normalized spacial score (nSPS) is 17.9. The zero-order valence-corrected chi connectivity index (χ0v) is 13.0. The summed E-state index contributed by atoms with van der Waals surface area (Å²) in [6.07, 6.45) is 3.68. The molecule has 0 aromatic heterocycles. The van der Waals surface area contributed by atoms with Crippen LogP contribution in [0.1, 0.15) is 6.42 Å². The number of nitrogens with zero attached hydrogens (tertiary/aromatic N) is 3. The molecular formula is C15H12N4O3S. The van der Waals surface area contributed by atoms with E-state index in [0.717, 1.165) is 23.8 Å². The van der Waals surface area contributed by atoms with E-state index in [1.54, 1.807) is 30.3 Å². The molecule has 23 heavy (non-hydrogen) atoms. The molecule has 0 unspecified atom stereocenters. The quantitative estimate of drug-likeness (QED) is 0.857. The average Bonchev–Trinajstić information content (AvgIpc) is 2.99. The number of allylic oxidation sites excluding steroid dienone is 3. The number of hydrogen-bond donors (Lipinski definition) is 1. The molecular weight excluding hydrogens is 316 g/mol. The molecule has 1 fully saturated rings. The number of rotatable bonds is 4. The highest BCUT2D eigenvalue weighted by Gasteiger charge is 2.40. The summed E-state index contributed by atoms with van der Waals surface area (Å²) in [6, 6.07) is 8.60. The minimum atomic E-state index is -3.83. The third-order valence-corrected chi connectivity index (χ3v) is 4.64. The van der Waals surface area contributed by atoms with Crippen LogP contribution in [0.15, 0.2) is 74.7 Å². The molecule has 1 aromatic rings. The molecule has 1 aliphatic heterocycles. The number of carbonyl (C=O) groups is 1. The summed E-state index contributed by atoms with van der Waals surface area (Å²) >= 11 is 0. The van der Waals surface area contributed by atoms with Crippen molar-refractivity contribution < 1.29 is 13.2 Å². The Labute approximate surface area is 132 Å². The van der Waals surface area contributed by atoms with E-state index in [1.807, 2.05) is 6.08 Å². The van der Waals surface area contributed by atoms with Crippen LogP contribution in [0.2, 0.25) is 0 Å². The minimum Gasteiger partial charge on any atom is -0.282 e. The number of anilines is 1. The summed E-state index contributed by atoms with van der Waals surface area (Å²) in [5, 5.41) is 7.88. The fraction of sp³-hybridized carbons (Fsp3) is 0.133. The minimum absolute atomic E-state index is 0.0426. The Balaban J connectivity index is 1.70. The number of sulfonamides is 1. The Morgan fingerprint density at radius 3 is 2.65 bits per heavy atom. The lowest BCUT2D eigenvalue weighted by atomic mass is 10.1. The van der Waals surface area contributed by atoms with E-state index in [-0.39, 0.29) is 5.70 Å². The van der Waals surface area contributed by atoms with Crippen molar-refractivity contribution >= 4 is 21.6 Å². The molecule has 0 spiro atoms. The van der Waals surface area contributed by atoms with Crippen molar-refractivity contribution in [3.63, 3.8) is 0 Å². The molecule has 2 aliphatic carbocycles. The molecule has 1 aromatic carbocycles. The summed E-state index contributed by atoms with van der Waals surface area (Å²) in [4.78, 5) is 12.7. The number of benzene rings is 1. The molecule has 0 saturated heterocycles. The number of nitrogens with one attached hydrogen (secondary N) is 1. The summed E-state index contributed by atoms with van der Waals surface area (Å²) in [5.41, 5.74) is 6.68. The molecule has 1 heterocycles. The lowest BCUT2D eigenvalue weighted by Gasteiger charge is -2.21. The predicted octanol–water partition coefficient (Wildman–Crippen LogP) is 2.12. The van der Waals surface area contributed by atoms with Crippen LogP contribution < -0.4 is 5.43 Å².